The summed E-state index contributed by atoms with van der Waals surface area (Å²) in [6, 6.07) is 20.9. The molecule has 0 aliphatic heterocycles. The first kappa shape index (κ1) is 18.0. The van der Waals surface area contributed by atoms with Gasteiger partial charge in [-0.15, -0.1) is 0 Å². The summed E-state index contributed by atoms with van der Waals surface area (Å²) in [5.41, 5.74) is 3.65. The number of nitrogens with zero attached hydrogens (tertiary/aromatic N) is 1. The summed E-state index contributed by atoms with van der Waals surface area (Å²) >= 11 is 0. The molecule has 0 spiro atoms. The van der Waals surface area contributed by atoms with Crippen molar-refractivity contribution in [3.05, 3.63) is 77.9 Å². The standard InChI is InChI=1S/C24H21NO3/c1-3-15(2)16-8-10-17(11-9-16)22-12-13-23(28-22)21-14-19(24(26)27)18-6-4-5-7-20(18)25-21/h4-15H,3H2,1-2H3,(H,26,27)/t15-/m1/s1. The number of carbonyl (C=O) groups is 1. The maximum Gasteiger partial charge on any atom is 0.336 e. The van der Waals surface area contributed by atoms with Gasteiger partial charge in [0.2, 0.25) is 0 Å². The van der Waals surface area contributed by atoms with Crippen molar-refractivity contribution in [2.45, 2.75) is 26.2 Å². The number of carboxylic acid groups (broad SMARTS) is 1. The molecule has 28 heavy (non-hydrogen) atoms. The number of aromatic carboxylic acids is 1. The van der Waals surface area contributed by atoms with E-state index in [0.29, 0.717) is 28.3 Å². The van der Waals surface area contributed by atoms with Crippen molar-refractivity contribution in [2.75, 3.05) is 0 Å². The van der Waals surface area contributed by atoms with E-state index in [0.717, 1.165) is 17.7 Å². The lowest BCUT2D eigenvalue weighted by Crippen LogP contribution is -1.99. The van der Waals surface area contributed by atoms with Crippen LogP contribution >= 0.6 is 0 Å². The average molecular weight is 371 g/mol. The fourth-order valence-electron chi connectivity index (χ4n) is 3.32. The van der Waals surface area contributed by atoms with Crippen LogP contribution in [0.5, 0.6) is 0 Å². The first-order valence-corrected chi connectivity index (χ1v) is 9.40. The van der Waals surface area contributed by atoms with Crippen LogP contribution in [-0.4, -0.2) is 16.1 Å². The molecule has 1 N–H and O–H groups in total. The molecule has 0 saturated carbocycles. The first-order valence-electron chi connectivity index (χ1n) is 9.40. The molecule has 0 saturated heterocycles. The molecule has 4 heteroatoms. The first-order chi connectivity index (χ1) is 13.6. The number of hydrogen-bond donors (Lipinski definition) is 1. The molecule has 2 heterocycles. The van der Waals surface area contributed by atoms with E-state index in [9.17, 15) is 9.90 Å². The van der Waals surface area contributed by atoms with E-state index in [2.05, 4.69) is 43.1 Å². The highest BCUT2D eigenvalue weighted by Gasteiger charge is 2.15. The number of para-hydroxylation sites is 1. The summed E-state index contributed by atoms with van der Waals surface area (Å²) in [6.07, 6.45) is 1.10. The van der Waals surface area contributed by atoms with Crippen LogP contribution < -0.4 is 0 Å². The van der Waals surface area contributed by atoms with Gasteiger partial charge in [0.25, 0.3) is 0 Å². The topological polar surface area (TPSA) is 63.3 Å². The van der Waals surface area contributed by atoms with Crippen molar-refractivity contribution >= 4 is 16.9 Å². The molecular formula is C24H21NO3. The highest BCUT2D eigenvalue weighted by molar-refractivity contribution is 6.03. The van der Waals surface area contributed by atoms with Gasteiger partial charge in [0.1, 0.15) is 11.5 Å². The van der Waals surface area contributed by atoms with E-state index in [1.54, 1.807) is 12.1 Å². The van der Waals surface area contributed by atoms with Crippen molar-refractivity contribution in [1.82, 2.24) is 4.98 Å². The highest BCUT2D eigenvalue weighted by atomic mass is 16.4. The lowest BCUT2D eigenvalue weighted by atomic mass is 9.97. The van der Waals surface area contributed by atoms with E-state index in [1.165, 1.54) is 5.56 Å². The predicted octanol–water partition coefficient (Wildman–Crippen LogP) is 6.37. The largest absolute Gasteiger partial charge is 0.478 e. The Balaban J connectivity index is 1.72. The van der Waals surface area contributed by atoms with E-state index < -0.39 is 5.97 Å². The highest BCUT2D eigenvalue weighted by Crippen LogP contribution is 2.31. The Labute approximate surface area is 163 Å². The van der Waals surface area contributed by atoms with Crippen molar-refractivity contribution < 1.29 is 14.3 Å². The number of rotatable bonds is 5. The van der Waals surface area contributed by atoms with Crippen molar-refractivity contribution in [1.29, 1.82) is 0 Å². The minimum Gasteiger partial charge on any atom is -0.478 e. The Kier molecular flexibility index (Phi) is 4.70. The summed E-state index contributed by atoms with van der Waals surface area (Å²) in [5.74, 6) is 0.830. The maximum atomic E-state index is 11.7. The van der Waals surface area contributed by atoms with Gasteiger partial charge in [0.15, 0.2) is 5.76 Å². The third-order valence-corrected chi connectivity index (χ3v) is 5.18. The van der Waals surface area contributed by atoms with Gasteiger partial charge in [-0.3, -0.25) is 0 Å². The molecule has 2 aromatic carbocycles. The van der Waals surface area contributed by atoms with Crippen LogP contribution in [0.4, 0.5) is 0 Å². The predicted molar refractivity (Wildman–Crippen MR) is 111 cm³/mol. The van der Waals surface area contributed by atoms with Crippen molar-refractivity contribution in [3.8, 4) is 22.8 Å². The Hall–Kier alpha value is -3.40. The molecule has 0 radical (unpaired) electrons. The Morgan fingerprint density at radius 3 is 2.46 bits per heavy atom. The number of aromatic nitrogens is 1. The molecule has 0 fully saturated rings. The molecule has 0 amide bonds. The Morgan fingerprint density at radius 1 is 1.04 bits per heavy atom. The summed E-state index contributed by atoms with van der Waals surface area (Å²) in [4.78, 5) is 16.3. The Morgan fingerprint density at radius 2 is 1.75 bits per heavy atom. The molecule has 4 rings (SSSR count). The van der Waals surface area contributed by atoms with E-state index in [4.69, 9.17) is 4.42 Å². The molecule has 4 nitrogen and oxygen atoms in total. The van der Waals surface area contributed by atoms with E-state index in [-0.39, 0.29) is 5.56 Å². The van der Waals surface area contributed by atoms with Gasteiger partial charge >= 0.3 is 5.97 Å². The molecule has 0 aliphatic carbocycles. The van der Waals surface area contributed by atoms with Crippen LogP contribution in [0.1, 0.15) is 42.1 Å². The van der Waals surface area contributed by atoms with E-state index >= 15 is 0 Å². The van der Waals surface area contributed by atoms with Gasteiger partial charge in [-0.2, -0.15) is 0 Å². The van der Waals surface area contributed by atoms with Crippen LogP contribution in [-0.2, 0) is 0 Å². The second-order valence-corrected chi connectivity index (χ2v) is 6.97. The summed E-state index contributed by atoms with van der Waals surface area (Å²) < 4.78 is 6.01. The lowest BCUT2D eigenvalue weighted by Gasteiger charge is -2.09. The van der Waals surface area contributed by atoms with Crippen molar-refractivity contribution in [2.24, 2.45) is 0 Å². The molecule has 4 aromatic rings. The molecule has 0 unspecified atom stereocenters. The van der Waals surface area contributed by atoms with Gasteiger partial charge in [-0.1, -0.05) is 56.3 Å². The van der Waals surface area contributed by atoms with Crippen molar-refractivity contribution in [3.63, 3.8) is 0 Å². The van der Waals surface area contributed by atoms with Crippen LogP contribution in [0, 0.1) is 0 Å². The van der Waals surface area contributed by atoms with Crippen LogP contribution in [0.15, 0.2) is 71.1 Å². The van der Waals surface area contributed by atoms with Gasteiger partial charge in [0.05, 0.1) is 11.1 Å². The maximum absolute atomic E-state index is 11.7. The van der Waals surface area contributed by atoms with Crippen LogP contribution in [0.25, 0.3) is 33.7 Å². The van der Waals surface area contributed by atoms with Crippen LogP contribution in [0.3, 0.4) is 0 Å². The molecule has 0 bridgehead atoms. The third-order valence-electron chi connectivity index (χ3n) is 5.18. The van der Waals surface area contributed by atoms with Gasteiger partial charge in [-0.25, -0.2) is 9.78 Å². The molecule has 1 atom stereocenters. The zero-order valence-electron chi connectivity index (χ0n) is 15.8. The summed E-state index contributed by atoms with van der Waals surface area (Å²) in [6.45, 7) is 4.39. The number of fused-ring (bicyclic) bond motifs is 1. The van der Waals surface area contributed by atoms with Gasteiger partial charge in [0, 0.05) is 10.9 Å². The molecule has 0 aliphatic rings. The number of benzene rings is 2. The number of pyridine rings is 1. The second-order valence-electron chi connectivity index (χ2n) is 6.97. The Bertz CT molecular complexity index is 1140. The molecule has 2 aromatic heterocycles. The zero-order valence-corrected chi connectivity index (χ0v) is 15.8. The number of hydrogen-bond acceptors (Lipinski definition) is 3. The quantitative estimate of drug-likeness (QED) is 0.442. The molecular weight excluding hydrogens is 350 g/mol. The lowest BCUT2D eigenvalue weighted by molar-refractivity contribution is 0.0699. The third kappa shape index (κ3) is 3.29. The number of furan rings is 1. The van der Waals surface area contributed by atoms with Crippen LogP contribution in [0.2, 0.25) is 0 Å². The zero-order chi connectivity index (χ0) is 19.7. The SMILES string of the molecule is CC[C@@H](C)c1ccc(-c2ccc(-c3cc(C(=O)O)c4ccccc4n3)o2)cc1. The summed E-state index contributed by atoms with van der Waals surface area (Å²) in [5, 5.41) is 10.2. The molecule has 140 valence electrons. The average Bonchev–Trinajstić information content (AvgIpc) is 3.22. The van der Waals surface area contributed by atoms with Gasteiger partial charge in [-0.05, 0) is 42.2 Å². The summed E-state index contributed by atoms with van der Waals surface area (Å²) in [7, 11) is 0. The second kappa shape index (κ2) is 7.31. The monoisotopic (exact) mass is 371 g/mol. The van der Waals surface area contributed by atoms with Gasteiger partial charge < -0.3 is 9.52 Å². The van der Waals surface area contributed by atoms with E-state index in [1.807, 2.05) is 30.3 Å². The fourth-order valence-corrected chi connectivity index (χ4v) is 3.32. The number of carboxylic acids is 1. The fraction of sp³-hybridized carbons (Fsp3) is 0.167. The smallest absolute Gasteiger partial charge is 0.336 e. The minimum absolute atomic E-state index is 0.219. The normalized spacial score (nSPS) is 12.2. The minimum atomic E-state index is -0.979.